The maximum absolute atomic E-state index is 8.25. The molecule has 0 fully saturated rings. The van der Waals surface area contributed by atoms with Gasteiger partial charge in [0.25, 0.3) is 0 Å². The summed E-state index contributed by atoms with van der Waals surface area (Å²) in [7, 11) is 0. The summed E-state index contributed by atoms with van der Waals surface area (Å²) in [6, 6.07) is 0. The third-order valence-electron chi connectivity index (χ3n) is 0. The summed E-state index contributed by atoms with van der Waals surface area (Å²) in [6.07, 6.45) is 0. The van der Waals surface area contributed by atoms with Crippen molar-refractivity contribution in [2.45, 2.75) is 0 Å². The zero-order chi connectivity index (χ0) is 17.9. The van der Waals surface area contributed by atoms with Crippen molar-refractivity contribution in [2.75, 3.05) is 0 Å². The zero-order valence-electron chi connectivity index (χ0n) is 9.29. The predicted octanol–water partition coefficient (Wildman–Crippen LogP) is -1.20. The van der Waals surface area contributed by atoms with E-state index in [4.69, 9.17) is 76.6 Å². The van der Waals surface area contributed by atoms with Crippen molar-refractivity contribution in [3.05, 3.63) is 76.6 Å². The van der Waals surface area contributed by atoms with E-state index < -0.39 is 25.4 Å². The van der Waals surface area contributed by atoms with Crippen LogP contribution in [0.15, 0.2) is 0 Å². The second-order valence-electron chi connectivity index (χ2n) is 1.12. The standard InChI is InChI=1S/Fe.La.5NO3/c;;5*2-1(3)4/q+2;+3;5*-1. The third-order valence-corrected chi connectivity index (χ3v) is 0. The van der Waals surface area contributed by atoms with Crippen molar-refractivity contribution >= 4 is 0 Å². The van der Waals surface area contributed by atoms with Gasteiger partial charge in [0.2, 0.25) is 0 Å². The first-order valence-corrected chi connectivity index (χ1v) is 2.74. The largest absolute Gasteiger partial charge is 3.00 e. The van der Waals surface area contributed by atoms with Crippen LogP contribution in [0.5, 0.6) is 0 Å². The average molecular weight is 505 g/mol. The molecule has 0 saturated carbocycles. The van der Waals surface area contributed by atoms with Gasteiger partial charge in [0, 0.05) is 0 Å². The van der Waals surface area contributed by atoms with Crippen LogP contribution < -0.4 is 0 Å². The van der Waals surface area contributed by atoms with E-state index in [0.29, 0.717) is 0 Å². The monoisotopic (exact) mass is 505 g/mol. The van der Waals surface area contributed by atoms with Crippen LogP contribution in [0.1, 0.15) is 0 Å². The van der Waals surface area contributed by atoms with E-state index in [2.05, 4.69) is 0 Å². The van der Waals surface area contributed by atoms with Gasteiger partial charge in [-0.05, 0) is 0 Å². The minimum Gasteiger partial charge on any atom is -0.356 e. The van der Waals surface area contributed by atoms with Gasteiger partial charge in [0.1, 0.15) is 0 Å². The van der Waals surface area contributed by atoms with Gasteiger partial charge in [-0.15, -0.1) is 0 Å². The quantitative estimate of drug-likeness (QED) is 0.212. The second kappa shape index (κ2) is 36.3. The first-order valence-electron chi connectivity index (χ1n) is 2.74. The Morgan fingerprint density at radius 3 is 0.364 bits per heavy atom. The van der Waals surface area contributed by atoms with Crippen LogP contribution in [-0.4, -0.2) is 25.4 Å². The molecule has 0 saturated heterocycles. The number of hydrogen-bond donors (Lipinski definition) is 0. The fourth-order valence-corrected chi connectivity index (χ4v) is 0. The summed E-state index contributed by atoms with van der Waals surface area (Å²) < 4.78 is 0. The number of nitrogens with zero attached hydrogens (tertiary/aromatic N) is 5. The van der Waals surface area contributed by atoms with Crippen LogP contribution in [0.2, 0.25) is 0 Å². The van der Waals surface area contributed by atoms with Crippen molar-refractivity contribution in [1.29, 1.82) is 0 Å². The summed E-state index contributed by atoms with van der Waals surface area (Å²) >= 11 is 0. The van der Waals surface area contributed by atoms with Crippen molar-refractivity contribution in [1.82, 2.24) is 0 Å². The Balaban J connectivity index is -0.0000000250. The van der Waals surface area contributed by atoms with E-state index in [1.165, 1.54) is 0 Å². The molecule has 0 bridgehead atoms. The molecule has 0 aliphatic heterocycles. The Morgan fingerprint density at radius 1 is 0.364 bits per heavy atom. The van der Waals surface area contributed by atoms with Gasteiger partial charge in [-0.3, -0.25) is 0 Å². The van der Waals surface area contributed by atoms with Crippen LogP contribution in [0.3, 0.4) is 0 Å². The molecular weight excluding hydrogens is 505 g/mol. The van der Waals surface area contributed by atoms with E-state index in [9.17, 15) is 0 Å². The normalized spacial score (nSPS) is 5.45. The molecule has 0 aliphatic carbocycles. The van der Waals surface area contributed by atoms with E-state index in [1.807, 2.05) is 0 Å². The summed E-state index contributed by atoms with van der Waals surface area (Å²) in [6.45, 7) is 0. The molecule has 0 radical (unpaired) electrons. The van der Waals surface area contributed by atoms with Crippen LogP contribution in [0, 0.1) is 112 Å². The predicted molar refractivity (Wildman–Crippen MR) is 51.8 cm³/mol. The molecule has 0 unspecified atom stereocenters. The molecule has 22 heavy (non-hydrogen) atoms. The Labute approximate surface area is 154 Å². The topological polar surface area (TPSA) is 331 Å². The first kappa shape index (κ1) is 42.7. The Bertz CT molecular complexity index is 213. The van der Waals surface area contributed by atoms with Crippen LogP contribution >= 0.6 is 0 Å². The summed E-state index contributed by atoms with van der Waals surface area (Å²) in [5, 5.41) is 73.8. The van der Waals surface area contributed by atoms with Crippen LogP contribution in [0.4, 0.5) is 0 Å². The molecule has 0 rings (SSSR count). The molecule has 126 valence electrons. The first-order chi connectivity index (χ1) is 8.66. The van der Waals surface area contributed by atoms with E-state index >= 15 is 0 Å². The summed E-state index contributed by atoms with van der Waals surface area (Å²) in [5.41, 5.74) is 0. The fraction of sp³-hybridized carbons (Fsp3) is 0. The van der Waals surface area contributed by atoms with Crippen molar-refractivity contribution < 1.29 is 78.1 Å². The summed E-state index contributed by atoms with van der Waals surface area (Å²) in [5.74, 6) is 0. The third kappa shape index (κ3) is 947. The molecule has 0 spiro atoms. The molecule has 20 nitrogen and oxygen atoms in total. The van der Waals surface area contributed by atoms with Gasteiger partial charge >= 0.3 is 52.7 Å². The zero-order valence-corrected chi connectivity index (χ0v) is 14.0. The molecule has 0 aromatic carbocycles. The van der Waals surface area contributed by atoms with Crippen molar-refractivity contribution in [2.24, 2.45) is 0 Å². The molecule has 0 aliphatic rings. The Hall–Kier alpha value is -2.29. The Morgan fingerprint density at radius 2 is 0.364 bits per heavy atom. The maximum atomic E-state index is 8.25. The van der Waals surface area contributed by atoms with Crippen molar-refractivity contribution in [3.8, 4) is 0 Å². The minimum atomic E-state index is -1.75. The SMILES string of the molecule is O=[N+]([O-])[O-].O=[N+]([O-])[O-].O=[N+]([O-])[O-].O=[N+]([O-])[O-].O=[N+]([O-])[O-].[Fe+2].[La+3]. The molecule has 0 heterocycles. The smallest absolute Gasteiger partial charge is 0.356 e. The van der Waals surface area contributed by atoms with Crippen molar-refractivity contribution in [3.63, 3.8) is 0 Å². The number of hydrogen-bond acceptors (Lipinski definition) is 15. The van der Waals surface area contributed by atoms with E-state index in [-0.39, 0.29) is 52.7 Å². The van der Waals surface area contributed by atoms with Gasteiger partial charge in [0.05, 0.1) is 25.4 Å². The molecule has 0 N–H and O–H groups in total. The molecular formula is FeLaN5O15. The van der Waals surface area contributed by atoms with Crippen LogP contribution in [-0.2, 0) is 17.1 Å². The van der Waals surface area contributed by atoms with E-state index in [1.54, 1.807) is 0 Å². The van der Waals surface area contributed by atoms with Gasteiger partial charge in [-0.25, -0.2) is 0 Å². The number of rotatable bonds is 0. The van der Waals surface area contributed by atoms with Gasteiger partial charge in [0.15, 0.2) is 0 Å². The average Bonchev–Trinajstić information content (AvgIpc) is 1.94. The molecule has 22 heteroatoms. The second-order valence-corrected chi connectivity index (χ2v) is 1.12. The van der Waals surface area contributed by atoms with E-state index in [0.717, 1.165) is 0 Å². The molecule has 0 aromatic rings. The fourth-order valence-electron chi connectivity index (χ4n) is 0. The van der Waals surface area contributed by atoms with Gasteiger partial charge in [-0.1, -0.05) is 0 Å². The van der Waals surface area contributed by atoms with Crippen LogP contribution in [0.25, 0.3) is 0 Å². The Kier molecular flexibility index (Phi) is 70.5. The molecule has 0 atom stereocenters. The molecule has 0 aromatic heterocycles. The summed E-state index contributed by atoms with van der Waals surface area (Å²) in [4.78, 5) is 41.2. The minimum absolute atomic E-state index is 0. The van der Waals surface area contributed by atoms with Gasteiger partial charge in [-0.2, -0.15) is 0 Å². The van der Waals surface area contributed by atoms with Gasteiger partial charge < -0.3 is 76.6 Å². The maximum Gasteiger partial charge on any atom is 3.00 e. The molecule has 0 amide bonds.